The third-order valence-electron chi connectivity index (χ3n) is 2.28. The number of halogens is 1. The Morgan fingerprint density at radius 2 is 2.13 bits per heavy atom. The second kappa shape index (κ2) is 3.73. The molecule has 1 aromatic rings. The molecular weight excluding hydrogens is 264 g/mol. The summed E-state index contributed by atoms with van der Waals surface area (Å²) in [6.45, 7) is 0.273. The van der Waals surface area contributed by atoms with Gasteiger partial charge in [-0.25, -0.2) is 4.79 Å². The molecule has 80 valence electrons. The first kappa shape index (κ1) is 10.3. The Kier molecular flexibility index (Phi) is 2.56. The maximum atomic E-state index is 11.3. The molecular formula is C10H9BrO4. The zero-order chi connectivity index (χ0) is 11.0. The zero-order valence-electron chi connectivity index (χ0n) is 8.30. The Bertz CT molecular complexity index is 428. The Morgan fingerprint density at radius 1 is 1.40 bits per heavy atom. The van der Waals surface area contributed by atoms with Crippen molar-refractivity contribution in [2.24, 2.45) is 0 Å². The van der Waals surface area contributed by atoms with E-state index in [0.29, 0.717) is 21.5 Å². The maximum absolute atomic E-state index is 11.3. The van der Waals surface area contributed by atoms with Crippen molar-refractivity contribution in [2.45, 2.75) is 6.61 Å². The first-order valence-corrected chi connectivity index (χ1v) is 5.08. The molecule has 0 fully saturated rings. The molecule has 15 heavy (non-hydrogen) atoms. The number of carbonyl (C=O) groups is 1. The van der Waals surface area contributed by atoms with Crippen LogP contribution in [0, 0.1) is 0 Å². The van der Waals surface area contributed by atoms with Gasteiger partial charge in [-0.1, -0.05) is 0 Å². The van der Waals surface area contributed by atoms with Gasteiger partial charge in [0.15, 0.2) is 11.5 Å². The van der Waals surface area contributed by atoms with E-state index < -0.39 is 0 Å². The number of cyclic esters (lactones) is 1. The SMILES string of the molecule is COc1cc2c(c(Br)c1OC)COC2=O. The van der Waals surface area contributed by atoms with Crippen LogP contribution in [0.25, 0.3) is 0 Å². The van der Waals surface area contributed by atoms with Gasteiger partial charge in [0.25, 0.3) is 0 Å². The average Bonchev–Trinajstić information content (AvgIpc) is 2.60. The van der Waals surface area contributed by atoms with Crippen LogP contribution < -0.4 is 9.47 Å². The van der Waals surface area contributed by atoms with Gasteiger partial charge >= 0.3 is 5.97 Å². The number of hydrogen-bond donors (Lipinski definition) is 0. The summed E-state index contributed by atoms with van der Waals surface area (Å²) >= 11 is 3.37. The number of fused-ring (bicyclic) bond motifs is 1. The third-order valence-corrected chi connectivity index (χ3v) is 3.12. The highest BCUT2D eigenvalue weighted by Gasteiger charge is 2.28. The van der Waals surface area contributed by atoms with Crippen molar-refractivity contribution in [1.29, 1.82) is 0 Å². The van der Waals surface area contributed by atoms with Gasteiger partial charge in [0.2, 0.25) is 0 Å². The monoisotopic (exact) mass is 272 g/mol. The second-order valence-electron chi connectivity index (χ2n) is 3.03. The van der Waals surface area contributed by atoms with E-state index >= 15 is 0 Å². The lowest BCUT2D eigenvalue weighted by atomic mass is 10.1. The van der Waals surface area contributed by atoms with Crippen LogP contribution in [0.4, 0.5) is 0 Å². The minimum Gasteiger partial charge on any atom is -0.493 e. The summed E-state index contributed by atoms with van der Waals surface area (Å²) in [5.74, 6) is 0.767. The molecule has 0 spiro atoms. The second-order valence-corrected chi connectivity index (χ2v) is 3.82. The van der Waals surface area contributed by atoms with Crippen LogP contribution >= 0.6 is 15.9 Å². The van der Waals surface area contributed by atoms with Gasteiger partial charge in [-0.2, -0.15) is 0 Å². The fourth-order valence-electron chi connectivity index (χ4n) is 1.53. The highest BCUT2D eigenvalue weighted by atomic mass is 79.9. The number of carbonyl (C=O) groups excluding carboxylic acids is 1. The Hall–Kier alpha value is -1.23. The summed E-state index contributed by atoms with van der Waals surface area (Å²) in [7, 11) is 3.07. The van der Waals surface area contributed by atoms with Crippen LogP contribution in [0.1, 0.15) is 15.9 Å². The molecule has 1 heterocycles. The fraction of sp³-hybridized carbons (Fsp3) is 0.300. The van der Waals surface area contributed by atoms with Gasteiger partial charge in [-0.3, -0.25) is 0 Å². The molecule has 0 radical (unpaired) electrons. The molecule has 0 aliphatic carbocycles. The summed E-state index contributed by atoms with van der Waals surface area (Å²) in [6, 6.07) is 1.63. The van der Waals surface area contributed by atoms with Crippen molar-refractivity contribution in [3.63, 3.8) is 0 Å². The van der Waals surface area contributed by atoms with E-state index in [0.717, 1.165) is 5.56 Å². The van der Waals surface area contributed by atoms with Gasteiger partial charge in [0.1, 0.15) is 6.61 Å². The number of hydrogen-bond acceptors (Lipinski definition) is 4. The first-order valence-electron chi connectivity index (χ1n) is 4.29. The zero-order valence-corrected chi connectivity index (χ0v) is 9.88. The number of benzene rings is 1. The number of ether oxygens (including phenoxy) is 3. The lowest BCUT2D eigenvalue weighted by Gasteiger charge is -2.11. The van der Waals surface area contributed by atoms with Crippen LogP contribution in [0.5, 0.6) is 11.5 Å². The topological polar surface area (TPSA) is 44.8 Å². The van der Waals surface area contributed by atoms with E-state index in [1.807, 2.05) is 0 Å². The Labute approximate surface area is 95.3 Å². The van der Waals surface area contributed by atoms with Gasteiger partial charge < -0.3 is 14.2 Å². The van der Waals surface area contributed by atoms with Gasteiger partial charge in [-0.05, 0) is 22.0 Å². The van der Waals surface area contributed by atoms with E-state index in [1.165, 1.54) is 7.11 Å². The predicted molar refractivity (Wildman–Crippen MR) is 56.4 cm³/mol. The molecule has 0 N–H and O–H groups in total. The molecule has 1 aliphatic rings. The largest absolute Gasteiger partial charge is 0.493 e. The van der Waals surface area contributed by atoms with E-state index in [2.05, 4.69) is 15.9 Å². The highest BCUT2D eigenvalue weighted by molar-refractivity contribution is 9.10. The van der Waals surface area contributed by atoms with E-state index in [1.54, 1.807) is 13.2 Å². The Balaban J connectivity index is 2.67. The van der Waals surface area contributed by atoms with Crippen molar-refractivity contribution in [3.05, 3.63) is 21.7 Å². The highest BCUT2D eigenvalue weighted by Crippen LogP contribution is 2.42. The molecule has 0 amide bonds. The van der Waals surface area contributed by atoms with E-state index in [9.17, 15) is 4.79 Å². The molecule has 2 rings (SSSR count). The summed E-state index contributed by atoms with van der Waals surface area (Å²) in [6.07, 6.45) is 0. The Morgan fingerprint density at radius 3 is 2.73 bits per heavy atom. The molecule has 0 unspecified atom stereocenters. The third kappa shape index (κ3) is 1.47. The minimum absolute atomic E-state index is 0.273. The van der Waals surface area contributed by atoms with Crippen LogP contribution in [-0.2, 0) is 11.3 Å². The molecule has 4 nitrogen and oxygen atoms in total. The van der Waals surface area contributed by atoms with Crippen molar-refractivity contribution in [2.75, 3.05) is 14.2 Å². The van der Waals surface area contributed by atoms with Gasteiger partial charge in [0.05, 0.1) is 24.3 Å². The molecule has 0 aromatic heterocycles. The summed E-state index contributed by atoms with van der Waals surface area (Å²) in [4.78, 5) is 11.3. The number of rotatable bonds is 2. The van der Waals surface area contributed by atoms with Crippen LogP contribution in [0.2, 0.25) is 0 Å². The van der Waals surface area contributed by atoms with Crippen LogP contribution in [0.15, 0.2) is 10.5 Å². The average molecular weight is 273 g/mol. The number of methoxy groups -OCH3 is 2. The molecule has 0 saturated heterocycles. The van der Waals surface area contributed by atoms with Gasteiger partial charge in [-0.15, -0.1) is 0 Å². The summed E-state index contributed by atoms with van der Waals surface area (Å²) < 4.78 is 16.0. The van der Waals surface area contributed by atoms with Gasteiger partial charge in [0, 0.05) is 5.56 Å². The smallest absolute Gasteiger partial charge is 0.339 e. The molecule has 5 heteroatoms. The van der Waals surface area contributed by atoms with Crippen LogP contribution in [0.3, 0.4) is 0 Å². The molecule has 0 saturated carbocycles. The minimum atomic E-state index is -0.327. The van der Waals surface area contributed by atoms with Crippen molar-refractivity contribution >= 4 is 21.9 Å². The summed E-state index contributed by atoms with van der Waals surface area (Å²) in [5, 5.41) is 0. The normalized spacial score (nSPS) is 13.4. The van der Waals surface area contributed by atoms with E-state index in [4.69, 9.17) is 14.2 Å². The van der Waals surface area contributed by atoms with Crippen molar-refractivity contribution in [3.8, 4) is 11.5 Å². The molecule has 0 atom stereocenters. The predicted octanol–water partition coefficient (Wildman–Crippen LogP) is 2.14. The summed E-state index contributed by atoms with van der Waals surface area (Å²) in [5.41, 5.74) is 1.33. The lowest BCUT2D eigenvalue weighted by Crippen LogP contribution is -1.98. The van der Waals surface area contributed by atoms with E-state index in [-0.39, 0.29) is 12.6 Å². The first-order chi connectivity index (χ1) is 7.19. The van der Waals surface area contributed by atoms with Crippen molar-refractivity contribution < 1.29 is 19.0 Å². The van der Waals surface area contributed by atoms with Crippen molar-refractivity contribution in [1.82, 2.24) is 0 Å². The molecule has 1 aromatic carbocycles. The number of esters is 1. The molecule has 0 bridgehead atoms. The quantitative estimate of drug-likeness (QED) is 0.774. The maximum Gasteiger partial charge on any atom is 0.339 e. The lowest BCUT2D eigenvalue weighted by molar-refractivity contribution is 0.0534. The standard InChI is InChI=1S/C10H9BrO4/c1-13-7-3-5-6(4-15-10(5)12)8(11)9(7)14-2/h3H,4H2,1-2H3. The molecule has 1 aliphatic heterocycles. The van der Waals surface area contributed by atoms with Crippen LogP contribution in [-0.4, -0.2) is 20.2 Å². The fourth-order valence-corrected chi connectivity index (χ4v) is 2.21.